The highest BCUT2D eigenvalue weighted by atomic mass is 16.5. The fourth-order valence-corrected chi connectivity index (χ4v) is 7.28. The zero-order valence-corrected chi connectivity index (χ0v) is 17.8. The molecule has 160 valence electrons. The second-order valence-corrected chi connectivity index (χ2v) is 10.5. The van der Waals surface area contributed by atoms with E-state index in [1.165, 1.54) is 50.6 Å². The number of nitrogens with zero attached hydrogens (tertiary/aromatic N) is 2. The average Bonchev–Trinajstić information content (AvgIpc) is 2.71. The average molecular weight is 399 g/mol. The lowest BCUT2D eigenvalue weighted by molar-refractivity contribution is -0.0741. The molecule has 0 spiro atoms. The number of piperazine rings is 1. The smallest absolute Gasteiger partial charge is 0.0900 e. The van der Waals surface area contributed by atoms with Gasteiger partial charge in [0.2, 0.25) is 0 Å². The lowest BCUT2D eigenvalue weighted by atomic mass is 9.49. The van der Waals surface area contributed by atoms with Gasteiger partial charge in [-0.2, -0.15) is 0 Å². The lowest BCUT2D eigenvalue weighted by Gasteiger charge is -2.57. The molecule has 1 atom stereocenters. The highest BCUT2D eigenvalue weighted by molar-refractivity contribution is 5.46. The fraction of sp³-hybridized carbons (Fsp3) is 0.760. The minimum Gasteiger partial charge on any atom is -0.389 e. The summed E-state index contributed by atoms with van der Waals surface area (Å²) in [6.45, 7) is 6.15. The molecule has 1 aromatic rings. The van der Waals surface area contributed by atoms with Crippen LogP contribution in [0.25, 0.3) is 0 Å². The Morgan fingerprint density at radius 1 is 0.931 bits per heavy atom. The summed E-state index contributed by atoms with van der Waals surface area (Å²) in [4.78, 5) is 4.82. The molecule has 4 aliphatic carbocycles. The molecule has 1 saturated heterocycles. The van der Waals surface area contributed by atoms with Crippen molar-refractivity contribution in [1.29, 1.82) is 0 Å². The van der Waals surface area contributed by atoms with Crippen LogP contribution in [-0.4, -0.2) is 62.0 Å². The van der Waals surface area contributed by atoms with Crippen molar-refractivity contribution in [2.75, 3.05) is 50.8 Å². The van der Waals surface area contributed by atoms with Crippen molar-refractivity contribution in [3.05, 3.63) is 30.3 Å². The summed E-state index contributed by atoms with van der Waals surface area (Å²) in [5.74, 6) is 3.05. The van der Waals surface area contributed by atoms with Crippen LogP contribution >= 0.6 is 0 Å². The van der Waals surface area contributed by atoms with Gasteiger partial charge in [-0.3, -0.25) is 4.90 Å². The number of ether oxygens (including phenoxy) is 1. The summed E-state index contributed by atoms with van der Waals surface area (Å²) in [6.07, 6.45) is 9.75. The minimum absolute atomic E-state index is 0.366. The molecular formula is C25H38N2O2. The lowest BCUT2D eigenvalue weighted by Crippen LogP contribution is -2.49. The van der Waals surface area contributed by atoms with E-state index in [9.17, 15) is 5.11 Å². The van der Waals surface area contributed by atoms with Crippen molar-refractivity contribution in [3.8, 4) is 0 Å². The molecule has 4 nitrogen and oxygen atoms in total. The summed E-state index contributed by atoms with van der Waals surface area (Å²) in [6, 6.07) is 10.6. The SMILES string of the molecule is O[C@@H](COCCC12CC3CC(CC(C3)C1)C2)CN1CCN(c2ccccc2)CC1. The quantitative estimate of drug-likeness (QED) is 0.676. The molecule has 1 aliphatic heterocycles. The van der Waals surface area contributed by atoms with E-state index in [0.717, 1.165) is 57.1 Å². The zero-order chi connectivity index (χ0) is 19.7. The second-order valence-electron chi connectivity index (χ2n) is 10.5. The van der Waals surface area contributed by atoms with Gasteiger partial charge < -0.3 is 14.7 Å². The third kappa shape index (κ3) is 4.65. The monoisotopic (exact) mass is 398 g/mol. The van der Waals surface area contributed by atoms with Crippen LogP contribution in [0.5, 0.6) is 0 Å². The fourth-order valence-electron chi connectivity index (χ4n) is 7.28. The molecule has 1 heterocycles. The Morgan fingerprint density at radius 3 is 2.17 bits per heavy atom. The van der Waals surface area contributed by atoms with Gasteiger partial charge in [0, 0.05) is 45.0 Å². The normalized spacial score (nSPS) is 35.2. The van der Waals surface area contributed by atoms with Gasteiger partial charge in [0.1, 0.15) is 0 Å². The molecule has 0 radical (unpaired) electrons. The van der Waals surface area contributed by atoms with Crippen molar-refractivity contribution in [1.82, 2.24) is 4.90 Å². The number of para-hydroxylation sites is 1. The van der Waals surface area contributed by atoms with E-state index in [4.69, 9.17) is 4.74 Å². The molecule has 6 rings (SSSR count). The van der Waals surface area contributed by atoms with Crippen LogP contribution in [0.1, 0.15) is 44.9 Å². The van der Waals surface area contributed by atoms with Crippen molar-refractivity contribution >= 4 is 5.69 Å². The first-order chi connectivity index (χ1) is 14.2. The first kappa shape index (κ1) is 19.8. The molecule has 5 fully saturated rings. The number of hydrogen-bond donors (Lipinski definition) is 1. The predicted molar refractivity (Wildman–Crippen MR) is 117 cm³/mol. The Morgan fingerprint density at radius 2 is 1.55 bits per heavy atom. The topological polar surface area (TPSA) is 35.9 Å². The maximum Gasteiger partial charge on any atom is 0.0900 e. The van der Waals surface area contributed by atoms with Crippen LogP contribution in [0.2, 0.25) is 0 Å². The van der Waals surface area contributed by atoms with Crippen molar-refractivity contribution in [2.45, 2.75) is 51.0 Å². The van der Waals surface area contributed by atoms with Crippen molar-refractivity contribution in [2.24, 2.45) is 23.2 Å². The van der Waals surface area contributed by atoms with Gasteiger partial charge in [0.15, 0.2) is 0 Å². The Bertz CT molecular complexity index is 621. The maximum absolute atomic E-state index is 10.5. The molecule has 0 aromatic heterocycles. The van der Waals surface area contributed by atoms with E-state index in [2.05, 4.69) is 40.1 Å². The third-order valence-corrected chi connectivity index (χ3v) is 8.21. The van der Waals surface area contributed by atoms with Gasteiger partial charge in [0.25, 0.3) is 0 Å². The van der Waals surface area contributed by atoms with Gasteiger partial charge in [-0.15, -0.1) is 0 Å². The number of anilines is 1. The van der Waals surface area contributed by atoms with Crippen molar-refractivity contribution in [3.63, 3.8) is 0 Å². The van der Waals surface area contributed by atoms with Crippen LogP contribution in [-0.2, 0) is 4.74 Å². The van der Waals surface area contributed by atoms with Crippen LogP contribution in [0.4, 0.5) is 5.69 Å². The zero-order valence-electron chi connectivity index (χ0n) is 17.8. The third-order valence-electron chi connectivity index (χ3n) is 8.21. The molecule has 0 unspecified atom stereocenters. The van der Waals surface area contributed by atoms with Crippen LogP contribution < -0.4 is 4.90 Å². The van der Waals surface area contributed by atoms with Gasteiger partial charge >= 0.3 is 0 Å². The molecule has 5 aliphatic rings. The van der Waals surface area contributed by atoms with Crippen LogP contribution in [0.15, 0.2) is 30.3 Å². The van der Waals surface area contributed by atoms with Gasteiger partial charge in [0.05, 0.1) is 12.7 Å². The van der Waals surface area contributed by atoms with Gasteiger partial charge in [-0.1, -0.05) is 18.2 Å². The minimum atomic E-state index is -0.366. The summed E-state index contributed by atoms with van der Waals surface area (Å²) in [5, 5.41) is 10.5. The van der Waals surface area contributed by atoms with Crippen LogP contribution in [0, 0.1) is 23.2 Å². The predicted octanol–water partition coefficient (Wildman–Crippen LogP) is 3.79. The molecule has 4 heteroatoms. The molecule has 0 amide bonds. The number of benzene rings is 1. The number of hydrogen-bond acceptors (Lipinski definition) is 4. The Labute approximate surface area is 176 Å². The number of β-amino-alcohol motifs (C(OH)–C–C–N with tert-alkyl or cyclic N) is 1. The van der Waals surface area contributed by atoms with E-state index < -0.39 is 0 Å². The molecule has 4 saturated carbocycles. The number of aliphatic hydroxyl groups excluding tert-OH is 1. The van der Waals surface area contributed by atoms with Crippen LogP contribution in [0.3, 0.4) is 0 Å². The molecule has 29 heavy (non-hydrogen) atoms. The number of aliphatic hydroxyl groups is 1. The van der Waals surface area contributed by atoms with Crippen molar-refractivity contribution < 1.29 is 9.84 Å². The molecule has 4 bridgehead atoms. The first-order valence-corrected chi connectivity index (χ1v) is 12.0. The Hall–Kier alpha value is -1.10. The van der Waals surface area contributed by atoms with Gasteiger partial charge in [-0.05, 0) is 80.2 Å². The highest BCUT2D eigenvalue weighted by Crippen LogP contribution is 2.61. The summed E-state index contributed by atoms with van der Waals surface area (Å²) >= 11 is 0. The molecular weight excluding hydrogens is 360 g/mol. The first-order valence-electron chi connectivity index (χ1n) is 12.0. The van der Waals surface area contributed by atoms with E-state index in [0.29, 0.717) is 12.0 Å². The molecule has 1 N–H and O–H groups in total. The largest absolute Gasteiger partial charge is 0.389 e. The van der Waals surface area contributed by atoms with E-state index >= 15 is 0 Å². The standard InChI is InChI=1S/C25H38N2O2/c28-24(18-26-7-9-27(10-8-26)23-4-2-1-3-5-23)19-29-11-6-25-15-20-12-21(16-25)14-22(13-20)17-25/h1-5,20-22,24,28H,6-19H2/t20?,21?,22?,24-,25?/m1/s1. The molecule has 1 aromatic carbocycles. The van der Waals surface area contributed by atoms with E-state index in [1.807, 2.05) is 0 Å². The van der Waals surface area contributed by atoms with Gasteiger partial charge in [-0.25, -0.2) is 0 Å². The Balaban J connectivity index is 0.995. The summed E-state index contributed by atoms with van der Waals surface area (Å²) < 4.78 is 5.98. The second kappa shape index (κ2) is 8.56. The van der Waals surface area contributed by atoms with E-state index in [-0.39, 0.29) is 6.10 Å². The van der Waals surface area contributed by atoms with E-state index in [1.54, 1.807) is 0 Å². The summed E-state index contributed by atoms with van der Waals surface area (Å²) in [7, 11) is 0. The highest BCUT2D eigenvalue weighted by Gasteiger charge is 2.50. The number of rotatable bonds is 8. The Kier molecular flexibility index (Phi) is 5.86. The maximum atomic E-state index is 10.5. The summed E-state index contributed by atoms with van der Waals surface area (Å²) in [5.41, 5.74) is 1.90.